The maximum Gasteiger partial charge on any atom is 0.242 e. The van der Waals surface area contributed by atoms with E-state index in [1.807, 2.05) is 13.0 Å². The van der Waals surface area contributed by atoms with E-state index in [4.69, 9.17) is 13.9 Å². The molecule has 0 aliphatic carbocycles. The molecule has 0 bridgehead atoms. The van der Waals surface area contributed by atoms with Crippen molar-refractivity contribution in [1.29, 1.82) is 0 Å². The second-order valence-corrected chi connectivity index (χ2v) is 6.14. The molecule has 1 aliphatic heterocycles. The fourth-order valence-corrected chi connectivity index (χ4v) is 2.49. The molecule has 0 spiro atoms. The molecule has 1 aromatic heterocycles. The van der Waals surface area contributed by atoms with Gasteiger partial charge in [0.2, 0.25) is 5.91 Å². The summed E-state index contributed by atoms with van der Waals surface area (Å²) in [6.45, 7) is 7.03. The fraction of sp³-hybridized carbons (Fsp3) is 0.667. The quantitative estimate of drug-likeness (QED) is 0.187. The molecule has 1 aromatic rings. The summed E-state index contributed by atoms with van der Waals surface area (Å²) in [5, 5.41) is 9.10. The number of carbonyl (C=O) groups excluding carboxylic acids is 1. The first kappa shape index (κ1) is 23.7. The van der Waals surface area contributed by atoms with Crippen LogP contribution in [0.15, 0.2) is 27.8 Å². The van der Waals surface area contributed by atoms with Gasteiger partial charge in [0.1, 0.15) is 12.3 Å². The maximum atomic E-state index is 11.8. The van der Waals surface area contributed by atoms with Crippen molar-refractivity contribution in [2.45, 2.75) is 26.3 Å². The van der Waals surface area contributed by atoms with Crippen LogP contribution in [0.3, 0.4) is 0 Å². The Kier molecular flexibility index (Phi) is 12.9. The van der Waals surface area contributed by atoms with Crippen LogP contribution in [0.5, 0.6) is 0 Å². The van der Waals surface area contributed by atoms with Gasteiger partial charge in [-0.15, -0.1) is 24.0 Å². The average molecular weight is 494 g/mol. The lowest BCUT2D eigenvalue weighted by atomic mass is 10.1. The Hall–Kier alpha value is -1.33. The van der Waals surface area contributed by atoms with Gasteiger partial charge < -0.3 is 29.8 Å². The van der Waals surface area contributed by atoms with Gasteiger partial charge >= 0.3 is 0 Å². The van der Waals surface area contributed by atoms with E-state index in [1.54, 1.807) is 12.3 Å². The molecule has 0 radical (unpaired) electrons. The molecule has 1 unspecified atom stereocenters. The zero-order valence-corrected chi connectivity index (χ0v) is 18.2. The first-order valence-electron chi connectivity index (χ1n) is 9.24. The van der Waals surface area contributed by atoms with E-state index >= 15 is 0 Å². The Morgan fingerprint density at radius 3 is 2.96 bits per heavy atom. The number of furan rings is 1. The van der Waals surface area contributed by atoms with Crippen LogP contribution in [0.2, 0.25) is 0 Å². The van der Waals surface area contributed by atoms with Gasteiger partial charge in [0.15, 0.2) is 5.96 Å². The molecule has 2 rings (SSSR count). The number of nitrogens with one attached hydrogen (secondary N) is 3. The number of hydrogen-bond donors (Lipinski definition) is 3. The topological polar surface area (TPSA) is 97.1 Å². The van der Waals surface area contributed by atoms with E-state index in [9.17, 15) is 4.79 Å². The lowest BCUT2D eigenvalue weighted by Crippen LogP contribution is -2.39. The largest absolute Gasteiger partial charge is 0.467 e. The number of halogens is 1. The zero-order chi connectivity index (χ0) is 18.5. The first-order chi connectivity index (χ1) is 12.8. The van der Waals surface area contributed by atoms with Gasteiger partial charge in [0.05, 0.1) is 26.0 Å². The van der Waals surface area contributed by atoms with Crippen LogP contribution in [-0.2, 0) is 20.8 Å². The Morgan fingerprint density at radius 1 is 1.37 bits per heavy atom. The summed E-state index contributed by atoms with van der Waals surface area (Å²) in [5.74, 6) is 1.74. The third-order valence-corrected chi connectivity index (χ3v) is 3.90. The van der Waals surface area contributed by atoms with Crippen LogP contribution in [-0.4, -0.2) is 57.9 Å². The van der Waals surface area contributed by atoms with Crippen molar-refractivity contribution < 1.29 is 18.7 Å². The molecule has 1 atom stereocenters. The van der Waals surface area contributed by atoms with Crippen molar-refractivity contribution >= 4 is 35.8 Å². The molecule has 8 nitrogen and oxygen atoms in total. The number of aliphatic imine (C=N–C) groups is 1. The summed E-state index contributed by atoms with van der Waals surface area (Å²) in [4.78, 5) is 16.1. The van der Waals surface area contributed by atoms with Crippen molar-refractivity contribution in [2.24, 2.45) is 10.9 Å². The summed E-state index contributed by atoms with van der Waals surface area (Å²) < 4.78 is 16.2. The van der Waals surface area contributed by atoms with Gasteiger partial charge in [-0.3, -0.25) is 4.79 Å². The molecule has 1 aliphatic rings. The molecule has 1 fully saturated rings. The van der Waals surface area contributed by atoms with Crippen LogP contribution in [0.4, 0.5) is 0 Å². The van der Waals surface area contributed by atoms with E-state index in [2.05, 4.69) is 20.9 Å². The predicted molar refractivity (Wildman–Crippen MR) is 114 cm³/mol. The van der Waals surface area contributed by atoms with Gasteiger partial charge in [-0.25, -0.2) is 4.99 Å². The normalized spacial score (nSPS) is 16.6. The fourth-order valence-electron chi connectivity index (χ4n) is 2.49. The summed E-state index contributed by atoms with van der Waals surface area (Å²) in [6, 6.07) is 3.61. The summed E-state index contributed by atoms with van der Waals surface area (Å²) in [7, 11) is 0. The van der Waals surface area contributed by atoms with Crippen molar-refractivity contribution in [1.82, 2.24) is 16.0 Å². The average Bonchev–Trinajstić information content (AvgIpc) is 3.34. The van der Waals surface area contributed by atoms with Crippen LogP contribution in [0, 0.1) is 5.92 Å². The number of guanidine groups is 1. The highest BCUT2D eigenvalue weighted by Gasteiger charge is 2.15. The van der Waals surface area contributed by atoms with E-state index in [0.29, 0.717) is 25.0 Å². The van der Waals surface area contributed by atoms with Gasteiger partial charge in [0, 0.05) is 32.2 Å². The van der Waals surface area contributed by atoms with Crippen molar-refractivity contribution in [2.75, 3.05) is 46.1 Å². The Balaban J connectivity index is 0.00000364. The van der Waals surface area contributed by atoms with E-state index < -0.39 is 0 Å². The zero-order valence-electron chi connectivity index (χ0n) is 15.9. The van der Waals surface area contributed by atoms with Crippen molar-refractivity contribution in [3.05, 3.63) is 24.2 Å². The lowest BCUT2D eigenvalue weighted by molar-refractivity contribution is -0.119. The van der Waals surface area contributed by atoms with Crippen LogP contribution < -0.4 is 16.0 Å². The second kappa shape index (κ2) is 14.7. The third kappa shape index (κ3) is 10.5. The second-order valence-electron chi connectivity index (χ2n) is 6.14. The van der Waals surface area contributed by atoms with Crippen molar-refractivity contribution in [3.8, 4) is 0 Å². The molecule has 1 amide bonds. The molecule has 3 N–H and O–H groups in total. The Bertz CT molecular complexity index is 533. The SMILES string of the molecule is CCNC(=NCC(=O)NCc1ccco1)NCCCOCC1CCOC1.I. The Labute approximate surface area is 177 Å². The molecule has 1 saturated heterocycles. The van der Waals surface area contributed by atoms with E-state index in [0.717, 1.165) is 51.5 Å². The minimum atomic E-state index is -0.152. The number of carbonyl (C=O) groups is 1. The number of hydrogen-bond acceptors (Lipinski definition) is 5. The highest BCUT2D eigenvalue weighted by atomic mass is 127. The smallest absolute Gasteiger partial charge is 0.242 e. The molecule has 154 valence electrons. The number of ether oxygens (including phenoxy) is 2. The summed E-state index contributed by atoms with van der Waals surface area (Å²) in [5.41, 5.74) is 0. The summed E-state index contributed by atoms with van der Waals surface area (Å²) >= 11 is 0. The third-order valence-electron chi connectivity index (χ3n) is 3.90. The maximum absolute atomic E-state index is 11.8. The van der Waals surface area contributed by atoms with Crippen LogP contribution in [0.25, 0.3) is 0 Å². The minimum absolute atomic E-state index is 0. The molecule has 9 heteroatoms. The van der Waals surface area contributed by atoms with Crippen LogP contribution in [0.1, 0.15) is 25.5 Å². The van der Waals surface area contributed by atoms with E-state index in [1.165, 1.54) is 0 Å². The number of nitrogens with zero attached hydrogens (tertiary/aromatic N) is 1. The standard InChI is InChI=1S/C18H30N4O4.HI/c1-2-19-18(20-7-4-8-24-13-15-6-10-25-14-15)22-12-17(23)21-11-16-5-3-9-26-16;/h3,5,9,15H,2,4,6-8,10-14H2,1H3,(H,21,23)(H2,19,20,22);1H. The molecule has 0 aromatic carbocycles. The highest BCUT2D eigenvalue weighted by Crippen LogP contribution is 2.12. The van der Waals surface area contributed by atoms with Crippen LogP contribution >= 0.6 is 24.0 Å². The van der Waals surface area contributed by atoms with Crippen molar-refractivity contribution in [3.63, 3.8) is 0 Å². The molecule has 0 saturated carbocycles. The number of amides is 1. The summed E-state index contributed by atoms with van der Waals surface area (Å²) in [6.07, 6.45) is 3.55. The molecular formula is C18H31IN4O4. The Morgan fingerprint density at radius 2 is 2.26 bits per heavy atom. The molecule has 27 heavy (non-hydrogen) atoms. The predicted octanol–water partition coefficient (Wildman–Crippen LogP) is 1.51. The van der Waals surface area contributed by atoms with Gasteiger partial charge in [-0.2, -0.15) is 0 Å². The number of rotatable bonds is 11. The molecular weight excluding hydrogens is 463 g/mol. The monoisotopic (exact) mass is 494 g/mol. The van der Waals surface area contributed by atoms with Gasteiger partial charge in [-0.05, 0) is 31.9 Å². The molecule has 2 heterocycles. The highest BCUT2D eigenvalue weighted by molar-refractivity contribution is 14.0. The minimum Gasteiger partial charge on any atom is -0.467 e. The van der Waals surface area contributed by atoms with Gasteiger partial charge in [0.25, 0.3) is 0 Å². The first-order valence-corrected chi connectivity index (χ1v) is 9.24. The van der Waals surface area contributed by atoms with Gasteiger partial charge in [-0.1, -0.05) is 0 Å². The lowest BCUT2D eigenvalue weighted by Gasteiger charge is -2.12. The van der Waals surface area contributed by atoms with E-state index in [-0.39, 0.29) is 36.4 Å².